The highest BCUT2D eigenvalue weighted by molar-refractivity contribution is 5.85. The van der Waals surface area contributed by atoms with Crippen molar-refractivity contribution < 1.29 is 9.32 Å². The fourth-order valence-corrected chi connectivity index (χ4v) is 2.44. The third-order valence-electron chi connectivity index (χ3n) is 3.79. The molecular formula is C14H22N4O2. The molecule has 0 bridgehead atoms. The molecule has 6 heteroatoms. The number of carbonyl (C=O) groups is 1. The van der Waals surface area contributed by atoms with E-state index in [9.17, 15) is 4.79 Å². The Kier molecular flexibility index (Phi) is 3.18. The molecule has 20 heavy (non-hydrogen) atoms. The van der Waals surface area contributed by atoms with Crippen LogP contribution in [0.3, 0.4) is 0 Å². The Balaban J connectivity index is 1.74. The van der Waals surface area contributed by atoms with Gasteiger partial charge in [0.2, 0.25) is 11.8 Å². The maximum Gasteiger partial charge on any atom is 0.266 e. The number of anilines is 1. The van der Waals surface area contributed by atoms with Crippen molar-refractivity contribution in [2.75, 3.05) is 11.4 Å². The lowest BCUT2D eigenvalue weighted by molar-refractivity contribution is -0.122. The van der Waals surface area contributed by atoms with Crippen LogP contribution in [0.15, 0.2) is 4.52 Å². The third kappa shape index (κ3) is 2.64. The van der Waals surface area contributed by atoms with Crippen molar-refractivity contribution >= 4 is 11.9 Å². The Morgan fingerprint density at radius 1 is 1.35 bits per heavy atom. The summed E-state index contributed by atoms with van der Waals surface area (Å²) in [7, 11) is 0. The van der Waals surface area contributed by atoms with Crippen molar-refractivity contribution in [1.29, 1.82) is 0 Å². The summed E-state index contributed by atoms with van der Waals surface area (Å²) in [6.45, 7) is 6.91. The van der Waals surface area contributed by atoms with E-state index in [0.29, 0.717) is 17.9 Å². The lowest BCUT2D eigenvalue weighted by atomic mass is 9.97. The summed E-state index contributed by atoms with van der Waals surface area (Å²) in [6.07, 6.45) is 4.06. The highest BCUT2D eigenvalue weighted by Crippen LogP contribution is 2.28. The van der Waals surface area contributed by atoms with Gasteiger partial charge in [-0.2, -0.15) is 4.98 Å². The summed E-state index contributed by atoms with van der Waals surface area (Å²) >= 11 is 0. The predicted molar refractivity (Wildman–Crippen MR) is 74.5 cm³/mol. The maximum atomic E-state index is 12.2. The van der Waals surface area contributed by atoms with E-state index in [4.69, 9.17) is 4.52 Å². The van der Waals surface area contributed by atoms with Crippen LogP contribution < -0.4 is 10.2 Å². The second-order valence-electron chi connectivity index (χ2n) is 6.78. The molecule has 1 amide bonds. The first-order chi connectivity index (χ1) is 9.45. The summed E-state index contributed by atoms with van der Waals surface area (Å²) in [4.78, 5) is 18.7. The van der Waals surface area contributed by atoms with Gasteiger partial charge in [0.15, 0.2) is 0 Å². The van der Waals surface area contributed by atoms with Crippen molar-refractivity contribution in [3.05, 3.63) is 5.89 Å². The molecule has 0 spiro atoms. The van der Waals surface area contributed by atoms with Gasteiger partial charge in [0.1, 0.15) is 6.04 Å². The van der Waals surface area contributed by atoms with E-state index in [0.717, 1.165) is 32.2 Å². The zero-order chi connectivity index (χ0) is 14.3. The van der Waals surface area contributed by atoms with Gasteiger partial charge in [-0.3, -0.25) is 4.79 Å². The SMILES string of the molecule is CC(C)(C)c1nc(N2CCC[C@@H]2C(=O)NC2CC2)no1. The number of carbonyl (C=O) groups excluding carboxylic acids is 1. The fourth-order valence-electron chi connectivity index (χ4n) is 2.44. The first-order valence-corrected chi connectivity index (χ1v) is 7.36. The minimum Gasteiger partial charge on any atom is -0.352 e. The van der Waals surface area contributed by atoms with Gasteiger partial charge in [-0.1, -0.05) is 20.8 Å². The van der Waals surface area contributed by atoms with E-state index in [1.54, 1.807) is 0 Å². The largest absolute Gasteiger partial charge is 0.352 e. The molecule has 3 rings (SSSR count). The standard InChI is InChI=1S/C14H22N4O2/c1-14(2,3)12-16-13(17-20-12)18-8-4-5-10(18)11(19)15-9-6-7-9/h9-10H,4-8H2,1-3H3,(H,15,19)/t10-/m1/s1. The van der Waals surface area contributed by atoms with Crippen LogP contribution in [-0.4, -0.2) is 34.7 Å². The number of hydrogen-bond donors (Lipinski definition) is 1. The van der Waals surface area contributed by atoms with Crippen molar-refractivity contribution in [2.24, 2.45) is 0 Å². The molecule has 0 unspecified atom stereocenters. The van der Waals surface area contributed by atoms with Crippen LogP contribution in [0, 0.1) is 0 Å². The normalized spacial score (nSPS) is 23.1. The van der Waals surface area contributed by atoms with Gasteiger partial charge in [-0.05, 0) is 30.8 Å². The third-order valence-corrected chi connectivity index (χ3v) is 3.79. The summed E-state index contributed by atoms with van der Waals surface area (Å²) < 4.78 is 5.33. The number of amides is 1. The first kappa shape index (κ1) is 13.4. The number of nitrogens with one attached hydrogen (secondary N) is 1. The molecule has 0 radical (unpaired) electrons. The lowest BCUT2D eigenvalue weighted by Crippen LogP contribution is -2.44. The van der Waals surface area contributed by atoms with Crippen LogP contribution in [0.5, 0.6) is 0 Å². The summed E-state index contributed by atoms with van der Waals surface area (Å²) in [6, 6.07) is 0.237. The van der Waals surface area contributed by atoms with Crippen LogP contribution in [0.2, 0.25) is 0 Å². The first-order valence-electron chi connectivity index (χ1n) is 7.36. The molecule has 1 aliphatic carbocycles. The van der Waals surface area contributed by atoms with Gasteiger partial charge in [-0.15, -0.1) is 0 Å². The molecule has 2 fully saturated rings. The van der Waals surface area contributed by atoms with Gasteiger partial charge in [0.25, 0.3) is 5.95 Å². The minimum atomic E-state index is -0.170. The maximum absolute atomic E-state index is 12.2. The lowest BCUT2D eigenvalue weighted by Gasteiger charge is -2.21. The summed E-state index contributed by atoms with van der Waals surface area (Å²) in [5, 5.41) is 7.12. The molecule has 1 saturated carbocycles. The van der Waals surface area contributed by atoms with Crippen molar-refractivity contribution in [3.8, 4) is 0 Å². The number of hydrogen-bond acceptors (Lipinski definition) is 5. The Bertz CT molecular complexity index is 502. The Morgan fingerprint density at radius 3 is 2.70 bits per heavy atom. The van der Waals surface area contributed by atoms with Gasteiger partial charge in [-0.25, -0.2) is 0 Å². The molecule has 1 atom stereocenters. The Morgan fingerprint density at radius 2 is 2.10 bits per heavy atom. The van der Waals surface area contributed by atoms with E-state index >= 15 is 0 Å². The molecule has 1 aliphatic heterocycles. The Hall–Kier alpha value is -1.59. The molecular weight excluding hydrogens is 256 g/mol. The molecule has 2 heterocycles. The topological polar surface area (TPSA) is 71.3 Å². The van der Waals surface area contributed by atoms with Gasteiger partial charge in [0, 0.05) is 18.0 Å². The van der Waals surface area contributed by atoms with Crippen molar-refractivity contribution in [2.45, 2.75) is 64.0 Å². The van der Waals surface area contributed by atoms with E-state index in [1.807, 2.05) is 25.7 Å². The molecule has 0 aromatic carbocycles. The van der Waals surface area contributed by atoms with Gasteiger partial charge >= 0.3 is 0 Å². The highest BCUT2D eigenvalue weighted by Gasteiger charge is 2.36. The van der Waals surface area contributed by atoms with Crippen molar-refractivity contribution in [1.82, 2.24) is 15.5 Å². The zero-order valence-corrected chi connectivity index (χ0v) is 12.3. The summed E-state index contributed by atoms with van der Waals surface area (Å²) in [5.41, 5.74) is -0.170. The molecule has 6 nitrogen and oxygen atoms in total. The second kappa shape index (κ2) is 4.75. The zero-order valence-electron chi connectivity index (χ0n) is 12.3. The monoisotopic (exact) mass is 278 g/mol. The predicted octanol–water partition coefficient (Wildman–Crippen LogP) is 1.61. The van der Waals surface area contributed by atoms with E-state index in [-0.39, 0.29) is 17.4 Å². The highest BCUT2D eigenvalue weighted by atomic mass is 16.5. The smallest absolute Gasteiger partial charge is 0.266 e. The molecule has 1 aromatic heterocycles. The van der Waals surface area contributed by atoms with Crippen LogP contribution in [0.1, 0.15) is 52.3 Å². The Labute approximate surface area is 118 Å². The number of rotatable bonds is 3. The quantitative estimate of drug-likeness (QED) is 0.909. The average Bonchev–Trinajstić information content (AvgIpc) is 2.91. The van der Waals surface area contributed by atoms with Crippen molar-refractivity contribution in [3.63, 3.8) is 0 Å². The molecule has 2 aliphatic rings. The van der Waals surface area contributed by atoms with E-state index < -0.39 is 0 Å². The van der Waals surface area contributed by atoms with Gasteiger partial charge < -0.3 is 14.7 Å². The van der Waals surface area contributed by atoms with E-state index in [2.05, 4.69) is 15.5 Å². The van der Waals surface area contributed by atoms with Crippen LogP contribution in [0.25, 0.3) is 0 Å². The number of nitrogens with zero attached hydrogens (tertiary/aromatic N) is 3. The fraction of sp³-hybridized carbons (Fsp3) is 0.786. The average molecular weight is 278 g/mol. The van der Waals surface area contributed by atoms with Gasteiger partial charge in [0.05, 0.1) is 0 Å². The molecule has 1 N–H and O–H groups in total. The molecule has 1 saturated heterocycles. The number of aromatic nitrogens is 2. The van der Waals surface area contributed by atoms with E-state index in [1.165, 1.54) is 0 Å². The van der Waals surface area contributed by atoms with Crippen LogP contribution in [0.4, 0.5) is 5.95 Å². The second-order valence-corrected chi connectivity index (χ2v) is 6.78. The minimum absolute atomic E-state index is 0.104. The molecule has 1 aromatic rings. The molecule has 110 valence electrons. The van der Waals surface area contributed by atoms with Crippen LogP contribution >= 0.6 is 0 Å². The summed E-state index contributed by atoms with van der Waals surface area (Å²) in [5.74, 6) is 1.26. The van der Waals surface area contributed by atoms with Crippen LogP contribution in [-0.2, 0) is 10.2 Å².